The largest absolute Gasteiger partial charge is 0.493 e. The van der Waals surface area contributed by atoms with Crippen molar-refractivity contribution in [3.05, 3.63) is 59.2 Å². The van der Waals surface area contributed by atoms with Gasteiger partial charge in [0.25, 0.3) is 0 Å². The van der Waals surface area contributed by atoms with Crippen molar-refractivity contribution in [1.82, 2.24) is 0 Å². The van der Waals surface area contributed by atoms with E-state index in [-0.39, 0.29) is 0 Å². The topological polar surface area (TPSA) is 44.5 Å². The molecule has 0 saturated heterocycles. The van der Waals surface area contributed by atoms with Crippen LogP contribution < -0.4 is 15.2 Å². The first-order valence-corrected chi connectivity index (χ1v) is 7.29. The fourth-order valence-corrected chi connectivity index (χ4v) is 2.30. The third-order valence-electron chi connectivity index (χ3n) is 3.56. The Balaban J connectivity index is 2.19. The van der Waals surface area contributed by atoms with Crippen LogP contribution >= 0.6 is 0 Å². The highest BCUT2D eigenvalue weighted by atomic mass is 16.5. The van der Waals surface area contributed by atoms with Crippen molar-refractivity contribution in [2.45, 2.75) is 26.4 Å². The Morgan fingerprint density at radius 3 is 2.48 bits per heavy atom. The molecule has 112 valence electrons. The van der Waals surface area contributed by atoms with E-state index in [1.807, 2.05) is 24.3 Å². The van der Waals surface area contributed by atoms with Crippen LogP contribution in [0.1, 0.15) is 23.1 Å². The van der Waals surface area contributed by atoms with Crippen molar-refractivity contribution in [3.8, 4) is 11.5 Å². The zero-order valence-corrected chi connectivity index (χ0v) is 12.8. The zero-order valence-electron chi connectivity index (χ0n) is 12.8. The maximum Gasteiger partial charge on any atom is 0.164 e. The second kappa shape index (κ2) is 7.70. The van der Waals surface area contributed by atoms with Crippen LogP contribution in [0, 0.1) is 6.92 Å². The number of para-hydroxylation sites is 1. The highest BCUT2D eigenvalue weighted by Gasteiger charge is 2.11. The number of ether oxygens (including phenoxy) is 2. The van der Waals surface area contributed by atoms with Crippen LogP contribution in [0.5, 0.6) is 11.5 Å². The molecule has 2 aromatic rings. The average Bonchev–Trinajstić information content (AvgIpc) is 2.52. The van der Waals surface area contributed by atoms with Crippen LogP contribution in [0.25, 0.3) is 0 Å². The summed E-state index contributed by atoms with van der Waals surface area (Å²) in [6.07, 6.45) is 1.84. The lowest BCUT2D eigenvalue weighted by atomic mass is 10.1. The van der Waals surface area contributed by atoms with Gasteiger partial charge in [0.05, 0.1) is 7.11 Å². The van der Waals surface area contributed by atoms with E-state index in [4.69, 9.17) is 15.2 Å². The Morgan fingerprint density at radius 2 is 1.76 bits per heavy atom. The van der Waals surface area contributed by atoms with E-state index < -0.39 is 0 Å². The molecule has 0 atom stereocenters. The molecule has 3 nitrogen and oxygen atoms in total. The van der Waals surface area contributed by atoms with Gasteiger partial charge in [-0.1, -0.05) is 36.4 Å². The zero-order chi connectivity index (χ0) is 15.1. The molecule has 0 radical (unpaired) electrons. The van der Waals surface area contributed by atoms with Crippen LogP contribution in [0.2, 0.25) is 0 Å². The minimum Gasteiger partial charge on any atom is -0.493 e. The first-order valence-electron chi connectivity index (χ1n) is 7.29. The first kappa shape index (κ1) is 15.4. The van der Waals surface area contributed by atoms with E-state index in [1.54, 1.807) is 7.11 Å². The van der Waals surface area contributed by atoms with Crippen LogP contribution in [-0.4, -0.2) is 13.7 Å². The van der Waals surface area contributed by atoms with Crippen molar-refractivity contribution in [3.63, 3.8) is 0 Å². The number of rotatable bonds is 7. The number of methoxy groups -OCH3 is 1. The van der Waals surface area contributed by atoms with Gasteiger partial charge in [-0.05, 0) is 49.1 Å². The van der Waals surface area contributed by atoms with Crippen molar-refractivity contribution in [2.75, 3.05) is 13.7 Å². The highest BCUT2D eigenvalue weighted by Crippen LogP contribution is 2.32. The van der Waals surface area contributed by atoms with Crippen LogP contribution in [-0.2, 0) is 13.0 Å². The van der Waals surface area contributed by atoms with Crippen molar-refractivity contribution in [2.24, 2.45) is 5.73 Å². The SMILES string of the molecule is COc1cccc(CCCN)c1OCc1ccccc1C. The van der Waals surface area contributed by atoms with E-state index in [0.717, 1.165) is 29.9 Å². The Bertz CT molecular complexity index is 581. The number of nitrogens with two attached hydrogens (primary N) is 1. The molecule has 2 aromatic carbocycles. The number of aryl methyl sites for hydroxylation is 2. The maximum atomic E-state index is 6.06. The Morgan fingerprint density at radius 1 is 1.00 bits per heavy atom. The summed E-state index contributed by atoms with van der Waals surface area (Å²) in [6.45, 7) is 3.31. The molecule has 0 heterocycles. The minimum absolute atomic E-state index is 0.544. The number of hydrogen-bond donors (Lipinski definition) is 1. The van der Waals surface area contributed by atoms with Crippen LogP contribution in [0.4, 0.5) is 0 Å². The van der Waals surface area contributed by atoms with Gasteiger partial charge in [-0.3, -0.25) is 0 Å². The molecule has 21 heavy (non-hydrogen) atoms. The van der Waals surface area contributed by atoms with E-state index >= 15 is 0 Å². The molecule has 3 heteroatoms. The summed E-state index contributed by atoms with van der Waals surface area (Å²) in [7, 11) is 1.67. The molecule has 0 aromatic heterocycles. The standard InChI is InChI=1S/C18H23NO2/c1-14-7-3-4-8-16(14)13-21-18-15(10-6-12-19)9-5-11-17(18)20-2/h3-5,7-9,11H,6,10,12-13,19H2,1-2H3. The Kier molecular flexibility index (Phi) is 5.64. The predicted molar refractivity (Wildman–Crippen MR) is 85.9 cm³/mol. The molecule has 0 aliphatic carbocycles. The number of benzene rings is 2. The van der Waals surface area contributed by atoms with Gasteiger partial charge in [0, 0.05) is 0 Å². The molecule has 0 bridgehead atoms. The van der Waals surface area contributed by atoms with Crippen molar-refractivity contribution >= 4 is 0 Å². The maximum absolute atomic E-state index is 6.06. The average molecular weight is 285 g/mol. The number of hydrogen-bond acceptors (Lipinski definition) is 3. The summed E-state index contributed by atoms with van der Waals surface area (Å²) >= 11 is 0. The van der Waals surface area contributed by atoms with Gasteiger partial charge in [-0.15, -0.1) is 0 Å². The van der Waals surface area contributed by atoms with Crippen molar-refractivity contribution < 1.29 is 9.47 Å². The van der Waals surface area contributed by atoms with Crippen molar-refractivity contribution in [1.29, 1.82) is 0 Å². The fraction of sp³-hybridized carbons (Fsp3) is 0.333. The van der Waals surface area contributed by atoms with Crippen LogP contribution in [0.15, 0.2) is 42.5 Å². The quantitative estimate of drug-likeness (QED) is 0.847. The lowest BCUT2D eigenvalue weighted by molar-refractivity contribution is 0.280. The normalized spacial score (nSPS) is 10.4. The minimum atomic E-state index is 0.544. The summed E-state index contributed by atoms with van der Waals surface area (Å²) in [4.78, 5) is 0. The van der Waals surface area contributed by atoms with E-state index in [1.165, 1.54) is 11.1 Å². The van der Waals surface area contributed by atoms with Gasteiger partial charge in [-0.2, -0.15) is 0 Å². The summed E-state index contributed by atoms with van der Waals surface area (Å²) in [5.74, 6) is 1.61. The van der Waals surface area contributed by atoms with E-state index in [9.17, 15) is 0 Å². The van der Waals surface area contributed by atoms with Gasteiger partial charge in [-0.25, -0.2) is 0 Å². The van der Waals surface area contributed by atoms with Gasteiger partial charge in [0.2, 0.25) is 0 Å². The van der Waals surface area contributed by atoms with Gasteiger partial charge in [0.15, 0.2) is 11.5 Å². The van der Waals surface area contributed by atoms with Gasteiger partial charge >= 0.3 is 0 Å². The summed E-state index contributed by atoms with van der Waals surface area (Å²) < 4.78 is 11.5. The smallest absolute Gasteiger partial charge is 0.164 e. The highest BCUT2D eigenvalue weighted by molar-refractivity contribution is 5.47. The summed E-state index contributed by atoms with van der Waals surface area (Å²) in [6, 6.07) is 14.2. The van der Waals surface area contributed by atoms with E-state index in [0.29, 0.717) is 13.2 Å². The van der Waals surface area contributed by atoms with Gasteiger partial charge < -0.3 is 15.2 Å². The predicted octanol–water partition coefficient (Wildman–Crippen LogP) is 3.47. The summed E-state index contributed by atoms with van der Waals surface area (Å²) in [5, 5.41) is 0. The molecular weight excluding hydrogens is 262 g/mol. The molecule has 0 amide bonds. The third-order valence-corrected chi connectivity index (χ3v) is 3.56. The molecule has 0 aliphatic rings. The fourth-order valence-electron chi connectivity index (χ4n) is 2.30. The molecule has 0 spiro atoms. The molecule has 0 fully saturated rings. The lowest BCUT2D eigenvalue weighted by Gasteiger charge is -2.16. The monoisotopic (exact) mass is 285 g/mol. The second-order valence-electron chi connectivity index (χ2n) is 5.06. The molecule has 2 rings (SSSR count). The molecule has 0 saturated carbocycles. The van der Waals surface area contributed by atoms with Crippen LogP contribution in [0.3, 0.4) is 0 Å². The molecular formula is C18H23NO2. The molecule has 2 N–H and O–H groups in total. The second-order valence-corrected chi connectivity index (χ2v) is 5.06. The Labute approximate surface area is 126 Å². The molecule has 0 unspecified atom stereocenters. The third kappa shape index (κ3) is 3.99. The first-order chi connectivity index (χ1) is 10.3. The van der Waals surface area contributed by atoms with E-state index in [2.05, 4.69) is 25.1 Å². The Hall–Kier alpha value is -2.00. The molecule has 0 aliphatic heterocycles. The lowest BCUT2D eigenvalue weighted by Crippen LogP contribution is -2.05. The summed E-state index contributed by atoms with van der Waals surface area (Å²) in [5.41, 5.74) is 9.18. The van der Waals surface area contributed by atoms with Gasteiger partial charge in [0.1, 0.15) is 6.61 Å².